The Hall–Kier alpha value is -1.85. The van der Waals surface area contributed by atoms with Gasteiger partial charge < -0.3 is 15.6 Å². The van der Waals surface area contributed by atoms with E-state index >= 15 is 0 Å². The van der Waals surface area contributed by atoms with Crippen LogP contribution in [0.15, 0.2) is 6.33 Å². The number of hydrogen-bond acceptors (Lipinski definition) is 5. The molecule has 2 atom stereocenters. The van der Waals surface area contributed by atoms with Crippen molar-refractivity contribution in [2.24, 2.45) is 11.8 Å². The summed E-state index contributed by atoms with van der Waals surface area (Å²) in [5.74, 6) is 2.89. The first-order chi connectivity index (χ1) is 8.81. The molecule has 1 saturated heterocycles. The Morgan fingerprint density at radius 2 is 2.00 bits per heavy atom. The maximum atomic E-state index is 5.76. The summed E-state index contributed by atoms with van der Waals surface area (Å²) in [6.45, 7) is 2.18. The smallest absolute Gasteiger partial charge is 0.224 e. The summed E-state index contributed by atoms with van der Waals surface area (Å²) in [5, 5.41) is 0. The number of H-pyrrole nitrogens is 1. The molecule has 0 aromatic carbocycles. The summed E-state index contributed by atoms with van der Waals surface area (Å²) in [5.41, 5.74) is 7.33. The number of aromatic nitrogens is 4. The highest BCUT2D eigenvalue weighted by molar-refractivity contribution is 5.84. The maximum Gasteiger partial charge on any atom is 0.224 e. The molecule has 6 heteroatoms. The minimum atomic E-state index is 0.307. The van der Waals surface area contributed by atoms with Crippen molar-refractivity contribution in [2.45, 2.75) is 19.3 Å². The minimum absolute atomic E-state index is 0.307. The molecule has 4 rings (SSSR count). The molecule has 2 fully saturated rings. The van der Waals surface area contributed by atoms with E-state index in [1.165, 1.54) is 19.3 Å². The van der Waals surface area contributed by atoms with Crippen LogP contribution in [0.5, 0.6) is 0 Å². The first-order valence-electron chi connectivity index (χ1n) is 6.53. The molecule has 1 saturated carbocycles. The Labute approximate surface area is 105 Å². The highest BCUT2D eigenvalue weighted by Gasteiger charge is 2.37. The van der Waals surface area contributed by atoms with Crippen LogP contribution in [0.25, 0.3) is 11.2 Å². The van der Waals surface area contributed by atoms with Gasteiger partial charge in [-0.15, -0.1) is 0 Å². The van der Waals surface area contributed by atoms with Gasteiger partial charge in [-0.25, -0.2) is 4.98 Å². The van der Waals surface area contributed by atoms with Gasteiger partial charge in [-0.2, -0.15) is 9.97 Å². The average Bonchev–Trinajstić information content (AvgIpc) is 3.01. The fraction of sp³-hybridized carbons (Fsp3) is 0.583. The van der Waals surface area contributed by atoms with E-state index in [2.05, 4.69) is 24.8 Å². The third-order valence-corrected chi connectivity index (χ3v) is 4.31. The fourth-order valence-corrected chi connectivity index (χ4v) is 3.47. The van der Waals surface area contributed by atoms with E-state index in [9.17, 15) is 0 Å². The normalized spacial score (nSPS) is 27.0. The molecule has 18 heavy (non-hydrogen) atoms. The molecule has 1 aliphatic heterocycles. The van der Waals surface area contributed by atoms with Gasteiger partial charge in [0.05, 0.1) is 6.33 Å². The summed E-state index contributed by atoms with van der Waals surface area (Å²) in [6, 6.07) is 0. The van der Waals surface area contributed by atoms with Crippen molar-refractivity contribution >= 4 is 22.9 Å². The monoisotopic (exact) mass is 244 g/mol. The van der Waals surface area contributed by atoms with Crippen LogP contribution in [-0.2, 0) is 0 Å². The summed E-state index contributed by atoms with van der Waals surface area (Å²) in [4.78, 5) is 18.2. The Kier molecular flexibility index (Phi) is 2.00. The van der Waals surface area contributed by atoms with Crippen LogP contribution < -0.4 is 10.6 Å². The molecule has 0 spiro atoms. The van der Waals surface area contributed by atoms with Crippen LogP contribution in [0.1, 0.15) is 19.3 Å². The van der Waals surface area contributed by atoms with Crippen molar-refractivity contribution < 1.29 is 0 Å². The van der Waals surface area contributed by atoms with E-state index in [0.29, 0.717) is 11.6 Å². The zero-order chi connectivity index (χ0) is 12.1. The SMILES string of the molecule is Nc1nc(N2CC3CCCC3C2)c2[nH]cnc2n1. The van der Waals surface area contributed by atoms with Gasteiger partial charge in [-0.3, -0.25) is 0 Å². The predicted octanol–water partition coefficient (Wildman–Crippen LogP) is 1.17. The highest BCUT2D eigenvalue weighted by Crippen LogP contribution is 2.40. The molecule has 2 aromatic rings. The largest absolute Gasteiger partial charge is 0.368 e. The average molecular weight is 244 g/mol. The van der Waals surface area contributed by atoms with E-state index in [1.54, 1.807) is 6.33 Å². The molecule has 0 amide bonds. The fourth-order valence-electron chi connectivity index (χ4n) is 3.47. The van der Waals surface area contributed by atoms with E-state index in [0.717, 1.165) is 36.3 Å². The van der Waals surface area contributed by atoms with E-state index in [-0.39, 0.29) is 0 Å². The van der Waals surface area contributed by atoms with Crippen molar-refractivity contribution in [2.75, 3.05) is 23.7 Å². The second kappa shape index (κ2) is 3.57. The Bertz CT molecular complexity index is 579. The number of aromatic amines is 1. The Morgan fingerprint density at radius 3 is 2.78 bits per heavy atom. The number of nitrogens with zero attached hydrogens (tertiary/aromatic N) is 4. The number of imidazole rings is 1. The zero-order valence-electron chi connectivity index (χ0n) is 10.1. The molecule has 0 bridgehead atoms. The number of nitrogens with one attached hydrogen (secondary N) is 1. The summed E-state index contributed by atoms with van der Waals surface area (Å²) < 4.78 is 0. The molecule has 94 valence electrons. The lowest BCUT2D eigenvalue weighted by Gasteiger charge is -2.18. The molecule has 2 aromatic heterocycles. The molecule has 6 nitrogen and oxygen atoms in total. The van der Waals surface area contributed by atoms with Gasteiger partial charge in [-0.1, -0.05) is 6.42 Å². The molecular weight excluding hydrogens is 228 g/mol. The molecule has 1 aliphatic carbocycles. The van der Waals surface area contributed by atoms with E-state index in [4.69, 9.17) is 5.73 Å². The van der Waals surface area contributed by atoms with Gasteiger partial charge in [0.15, 0.2) is 11.5 Å². The molecule has 2 unspecified atom stereocenters. The second-order valence-corrected chi connectivity index (χ2v) is 5.36. The van der Waals surface area contributed by atoms with Crippen LogP contribution in [0.4, 0.5) is 11.8 Å². The number of nitrogens with two attached hydrogens (primary N) is 1. The maximum absolute atomic E-state index is 5.76. The predicted molar refractivity (Wildman–Crippen MR) is 69.1 cm³/mol. The number of anilines is 2. The molecule has 2 aliphatic rings. The zero-order valence-corrected chi connectivity index (χ0v) is 10.1. The van der Waals surface area contributed by atoms with Crippen LogP contribution in [-0.4, -0.2) is 33.0 Å². The van der Waals surface area contributed by atoms with E-state index in [1.807, 2.05) is 0 Å². The number of nitrogen functional groups attached to an aromatic ring is 1. The number of hydrogen-bond donors (Lipinski definition) is 2. The first kappa shape index (κ1) is 10.1. The molecule has 3 heterocycles. The summed E-state index contributed by atoms with van der Waals surface area (Å²) in [6.07, 6.45) is 5.75. The van der Waals surface area contributed by atoms with Crippen molar-refractivity contribution in [3.05, 3.63) is 6.33 Å². The first-order valence-corrected chi connectivity index (χ1v) is 6.53. The van der Waals surface area contributed by atoms with E-state index < -0.39 is 0 Å². The van der Waals surface area contributed by atoms with Crippen LogP contribution >= 0.6 is 0 Å². The lowest BCUT2D eigenvalue weighted by atomic mass is 10.0. The lowest BCUT2D eigenvalue weighted by molar-refractivity contribution is 0.494. The van der Waals surface area contributed by atoms with Crippen LogP contribution in [0.3, 0.4) is 0 Å². The van der Waals surface area contributed by atoms with Gasteiger partial charge >= 0.3 is 0 Å². The van der Waals surface area contributed by atoms with Gasteiger partial charge in [0, 0.05) is 13.1 Å². The van der Waals surface area contributed by atoms with Crippen molar-refractivity contribution in [1.82, 2.24) is 19.9 Å². The second-order valence-electron chi connectivity index (χ2n) is 5.36. The Morgan fingerprint density at radius 1 is 1.22 bits per heavy atom. The number of rotatable bonds is 1. The minimum Gasteiger partial charge on any atom is -0.368 e. The molecule has 3 N–H and O–H groups in total. The van der Waals surface area contributed by atoms with Crippen molar-refractivity contribution in [3.63, 3.8) is 0 Å². The molecule has 0 radical (unpaired) electrons. The highest BCUT2D eigenvalue weighted by atomic mass is 15.3. The van der Waals surface area contributed by atoms with Gasteiger partial charge in [0.1, 0.15) is 5.52 Å². The van der Waals surface area contributed by atoms with Crippen molar-refractivity contribution in [3.8, 4) is 0 Å². The quantitative estimate of drug-likeness (QED) is 0.786. The number of fused-ring (bicyclic) bond motifs is 2. The van der Waals surface area contributed by atoms with Crippen LogP contribution in [0, 0.1) is 11.8 Å². The Balaban J connectivity index is 1.76. The lowest BCUT2D eigenvalue weighted by Crippen LogP contribution is -2.22. The van der Waals surface area contributed by atoms with Gasteiger partial charge in [-0.05, 0) is 24.7 Å². The van der Waals surface area contributed by atoms with Crippen LogP contribution in [0.2, 0.25) is 0 Å². The third kappa shape index (κ3) is 1.38. The molecular formula is C12H16N6. The van der Waals surface area contributed by atoms with Gasteiger partial charge in [0.25, 0.3) is 0 Å². The van der Waals surface area contributed by atoms with Gasteiger partial charge in [0.2, 0.25) is 5.95 Å². The van der Waals surface area contributed by atoms with Crippen molar-refractivity contribution in [1.29, 1.82) is 0 Å². The summed E-state index contributed by atoms with van der Waals surface area (Å²) in [7, 11) is 0. The summed E-state index contributed by atoms with van der Waals surface area (Å²) >= 11 is 0. The third-order valence-electron chi connectivity index (χ3n) is 4.31. The topological polar surface area (TPSA) is 83.7 Å². The standard InChI is InChI=1S/C12H16N6/c13-12-16-10-9(14-6-15-10)11(17-12)18-4-7-2-1-3-8(7)5-18/h6-8H,1-5H2,(H3,13,14,15,16,17).